The third-order valence-corrected chi connectivity index (χ3v) is 3.82. The van der Waals surface area contributed by atoms with Crippen LogP contribution in [0.1, 0.15) is 30.0 Å². The molecule has 0 aliphatic rings. The van der Waals surface area contributed by atoms with Gasteiger partial charge in [0.15, 0.2) is 0 Å². The Morgan fingerprint density at radius 3 is 2.23 bits per heavy atom. The second-order valence-corrected chi connectivity index (χ2v) is 6.72. The summed E-state index contributed by atoms with van der Waals surface area (Å²) in [6.07, 6.45) is 0.303. The van der Waals surface area contributed by atoms with Crippen LogP contribution < -0.4 is 10.7 Å². The van der Waals surface area contributed by atoms with Crippen LogP contribution in [0.15, 0.2) is 47.6 Å². The summed E-state index contributed by atoms with van der Waals surface area (Å²) in [4.78, 5) is 24.0. The molecule has 2 rings (SSSR count). The number of rotatable bonds is 6. The predicted molar refractivity (Wildman–Crippen MR) is 106 cm³/mol. The maximum atomic E-state index is 12.1. The summed E-state index contributed by atoms with van der Waals surface area (Å²) in [5, 5.41) is 7.45. The van der Waals surface area contributed by atoms with Gasteiger partial charge in [-0.05, 0) is 61.7 Å². The summed E-state index contributed by atoms with van der Waals surface area (Å²) in [6.45, 7) is 5.65. The standard InChI is InChI=1S/C20H22ClN3O2/c1-13-8-14(2)10-18(9-13)22-19(25)11-15(3)23-24-20(26)12-16-4-6-17(21)7-5-16/h4-10H,11-12H2,1-3H3,(H,22,25)(H,24,26). The van der Waals surface area contributed by atoms with Crippen molar-refractivity contribution in [3.8, 4) is 0 Å². The van der Waals surface area contributed by atoms with E-state index >= 15 is 0 Å². The summed E-state index contributed by atoms with van der Waals surface area (Å²) < 4.78 is 0. The molecule has 0 spiro atoms. The average molecular weight is 372 g/mol. The Bertz CT molecular complexity index is 809. The molecule has 2 amide bonds. The number of carbonyl (C=O) groups excluding carboxylic acids is 2. The molecular weight excluding hydrogens is 350 g/mol. The van der Waals surface area contributed by atoms with Crippen LogP contribution in [0.4, 0.5) is 5.69 Å². The molecule has 5 nitrogen and oxygen atoms in total. The average Bonchev–Trinajstić information content (AvgIpc) is 2.54. The molecule has 136 valence electrons. The summed E-state index contributed by atoms with van der Waals surface area (Å²) in [5.41, 5.74) is 6.76. The van der Waals surface area contributed by atoms with E-state index < -0.39 is 0 Å². The third kappa shape index (κ3) is 6.69. The van der Waals surface area contributed by atoms with E-state index in [0.29, 0.717) is 10.7 Å². The molecule has 2 aromatic rings. The second-order valence-electron chi connectivity index (χ2n) is 6.29. The number of nitrogens with zero attached hydrogens (tertiary/aromatic N) is 1. The molecule has 0 saturated heterocycles. The summed E-state index contributed by atoms with van der Waals surface area (Å²) >= 11 is 5.81. The van der Waals surface area contributed by atoms with Crippen molar-refractivity contribution in [2.24, 2.45) is 5.10 Å². The van der Waals surface area contributed by atoms with Crippen molar-refractivity contribution in [1.82, 2.24) is 5.43 Å². The first-order valence-electron chi connectivity index (χ1n) is 8.26. The lowest BCUT2D eigenvalue weighted by atomic mass is 10.1. The van der Waals surface area contributed by atoms with Crippen molar-refractivity contribution in [3.05, 3.63) is 64.2 Å². The highest BCUT2D eigenvalue weighted by molar-refractivity contribution is 6.30. The lowest BCUT2D eigenvalue weighted by Crippen LogP contribution is -2.22. The lowest BCUT2D eigenvalue weighted by Gasteiger charge is -2.08. The molecule has 0 bridgehead atoms. The van der Waals surface area contributed by atoms with Crippen LogP contribution in [0.5, 0.6) is 0 Å². The zero-order chi connectivity index (χ0) is 19.1. The van der Waals surface area contributed by atoms with E-state index in [4.69, 9.17) is 11.6 Å². The minimum atomic E-state index is -0.249. The number of benzene rings is 2. The Morgan fingerprint density at radius 1 is 1.00 bits per heavy atom. The number of aryl methyl sites for hydroxylation is 2. The van der Waals surface area contributed by atoms with Crippen LogP contribution >= 0.6 is 11.6 Å². The van der Waals surface area contributed by atoms with Gasteiger partial charge in [0, 0.05) is 16.4 Å². The predicted octanol–water partition coefficient (Wildman–Crippen LogP) is 4.02. The van der Waals surface area contributed by atoms with E-state index in [-0.39, 0.29) is 24.7 Å². The number of carbonyl (C=O) groups is 2. The van der Waals surface area contributed by atoms with Crippen molar-refractivity contribution in [3.63, 3.8) is 0 Å². The molecule has 2 N–H and O–H groups in total. The molecular formula is C20H22ClN3O2. The van der Waals surface area contributed by atoms with Crippen molar-refractivity contribution >= 4 is 34.8 Å². The molecule has 0 unspecified atom stereocenters. The summed E-state index contributed by atoms with van der Waals surface area (Å²) in [7, 11) is 0. The molecule has 26 heavy (non-hydrogen) atoms. The van der Waals surface area contributed by atoms with Gasteiger partial charge in [0.2, 0.25) is 11.8 Å². The van der Waals surface area contributed by atoms with Gasteiger partial charge < -0.3 is 5.32 Å². The van der Waals surface area contributed by atoms with E-state index in [9.17, 15) is 9.59 Å². The van der Waals surface area contributed by atoms with Gasteiger partial charge >= 0.3 is 0 Å². The molecule has 0 aromatic heterocycles. The van der Waals surface area contributed by atoms with Crippen LogP contribution in [-0.2, 0) is 16.0 Å². The fourth-order valence-electron chi connectivity index (χ4n) is 2.51. The van der Waals surface area contributed by atoms with Crippen molar-refractivity contribution in [2.45, 2.75) is 33.6 Å². The molecule has 0 radical (unpaired) electrons. The zero-order valence-electron chi connectivity index (χ0n) is 15.1. The molecule has 0 heterocycles. The maximum Gasteiger partial charge on any atom is 0.244 e. The van der Waals surface area contributed by atoms with Gasteiger partial charge in [-0.25, -0.2) is 5.43 Å². The highest BCUT2D eigenvalue weighted by atomic mass is 35.5. The molecule has 2 aromatic carbocycles. The Morgan fingerprint density at radius 2 is 1.62 bits per heavy atom. The number of hydrazone groups is 1. The van der Waals surface area contributed by atoms with E-state index in [1.165, 1.54) is 0 Å². The SMILES string of the molecule is CC(CC(=O)Nc1cc(C)cc(C)c1)=NNC(=O)Cc1ccc(Cl)cc1. The Labute approximate surface area is 158 Å². The number of anilines is 1. The highest BCUT2D eigenvalue weighted by Gasteiger charge is 2.07. The van der Waals surface area contributed by atoms with Gasteiger partial charge in [-0.3, -0.25) is 9.59 Å². The number of hydrogen-bond donors (Lipinski definition) is 2. The quantitative estimate of drug-likeness (QED) is 0.594. The van der Waals surface area contributed by atoms with Crippen molar-refractivity contribution in [2.75, 3.05) is 5.32 Å². The Hall–Kier alpha value is -2.66. The van der Waals surface area contributed by atoms with E-state index in [2.05, 4.69) is 15.8 Å². The molecule has 0 saturated carbocycles. The molecule has 0 aliphatic heterocycles. The summed E-state index contributed by atoms with van der Waals surface area (Å²) in [6, 6.07) is 12.9. The van der Waals surface area contributed by atoms with Crippen LogP contribution in [0.3, 0.4) is 0 Å². The molecule has 0 atom stereocenters. The summed E-state index contributed by atoms with van der Waals surface area (Å²) in [5.74, 6) is -0.426. The van der Waals surface area contributed by atoms with Crippen LogP contribution in [0, 0.1) is 13.8 Å². The van der Waals surface area contributed by atoms with Crippen molar-refractivity contribution < 1.29 is 9.59 Å². The fraction of sp³-hybridized carbons (Fsp3) is 0.250. The minimum absolute atomic E-state index is 0.105. The van der Waals surface area contributed by atoms with Crippen LogP contribution in [0.2, 0.25) is 5.02 Å². The van der Waals surface area contributed by atoms with E-state index in [0.717, 1.165) is 22.4 Å². The van der Waals surface area contributed by atoms with E-state index in [1.807, 2.05) is 32.0 Å². The van der Waals surface area contributed by atoms with Gasteiger partial charge in [-0.2, -0.15) is 5.10 Å². The maximum absolute atomic E-state index is 12.1. The molecule has 0 aliphatic carbocycles. The first kappa shape index (κ1) is 19.7. The minimum Gasteiger partial charge on any atom is -0.326 e. The van der Waals surface area contributed by atoms with Crippen LogP contribution in [0.25, 0.3) is 0 Å². The van der Waals surface area contributed by atoms with Gasteiger partial charge in [0.1, 0.15) is 0 Å². The Balaban J connectivity index is 1.83. The lowest BCUT2D eigenvalue weighted by molar-refractivity contribution is -0.120. The van der Waals surface area contributed by atoms with Gasteiger partial charge in [-0.1, -0.05) is 29.8 Å². The normalized spacial score (nSPS) is 11.2. The smallest absolute Gasteiger partial charge is 0.244 e. The topological polar surface area (TPSA) is 70.6 Å². The first-order valence-corrected chi connectivity index (χ1v) is 8.64. The molecule has 6 heteroatoms. The monoisotopic (exact) mass is 371 g/mol. The van der Waals surface area contributed by atoms with Gasteiger partial charge in [0.05, 0.1) is 12.8 Å². The number of hydrogen-bond acceptors (Lipinski definition) is 3. The van der Waals surface area contributed by atoms with Gasteiger partial charge in [0.25, 0.3) is 0 Å². The third-order valence-electron chi connectivity index (χ3n) is 3.57. The van der Waals surface area contributed by atoms with Gasteiger partial charge in [-0.15, -0.1) is 0 Å². The van der Waals surface area contributed by atoms with E-state index in [1.54, 1.807) is 31.2 Å². The fourth-order valence-corrected chi connectivity index (χ4v) is 2.63. The largest absolute Gasteiger partial charge is 0.326 e. The molecule has 0 fully saturated rings. The number of amides is 2. The number of nitrogens with one attached hydrogen (secondary N) is 2. The number of halogens is 1. The second kappa shape index (κ2) is 9.15. The van der Waals surface area contributed by atoms with Crippen LogP contribution in [-0.4, -0.2) is 17.5 Å². The zero-order valence-corrected chi connectivity index (χ0v) is 15.9. The van der Waals surface area contributed by atoms with Crippen molar-refractivity contribution in [1.29, 1.82) is 0 Å². The first-order chi connectivity index (χ1) is 12.3. The Kier molecular flexibility index (Phi) is 6.92. The highest BCUT2D eigenvalue weighted by Crippen LogP contribution is 2.14.